The lowest BCUT2D eigenvalue weighted by molar-refractivity contribution is -0.0458. The van der Waals surface area contributed by atoms with Crippen LogP contribution in [0.25, 0.3) is 0 Å². The molecule has 2 atom stereocenters. The molecule has 6 nitrogen and oxygen atoms in total. The van der Waals surface area contributed by atoms with E-state index in [9.17, 15) is 13.5 Å². The van der Waals surface area contributed by atoms with E-state index in [0.29, 0.717) is 39.0 Å². The molecule has 0 spiro atoms. The molecule has 0 aliphatic carbocycles. The molecule has 106 valence electrons. The van der Waals surface area contributed by atoms with Crippen molar-refractivity contribution >= 4 is 10.2 Å². The molecule has 7 heteroatoms. The number of ether oxygens (including phenoxy) is 1. The molecule has 2 unspecified atom stereocenters. The second kappa shape index (κ2) is 5.42. The standard InChI is InChI=1S/C11H22N2O4S/c1-9-7-13(8-10(2)17-9)18(15,16)12-5-3-11(14)4-6-12/h9-11,14H,3-8H2,1-2H3. The summed E-state index contributed by atoms with van der Waals surface area (Å²) in [6.45, 7) is 5.40. The molecule has 0 amide bonds. The molecule has 0 radical (unpaired) electrons. The SMILES string of the molecule is CC1CN(S(=O)(=O)N2CCC(O)CC2)CC(C)O1. The number of hydrogen-bond donors (Lipinski definition) is 1. The Balaban J connectivity index is 2.06. The molecule has 2 fully saturated rings. The van der Waals surface area contributed by atoms with Crippen molar-refractivity contribution in [3.05, 3.63) is 0 Å². The molecule has 0 bridgehead atoms. The van der Waals surface area contributed by atoms with E-state index in [2.05, 4.69) is 0 Å². The second-order valence-electron chi connectivity index (χ2n) is 5.21. The van der Waals surface area contributed by atoms with Crippen LogP contribution in [0.4, 0.5) is 0 Å². The summed E-state index contributed by atoms with van der Waals surface area (Å²) < 4.78 is 33.4. The summed E-state index contributed by atoms with van der Waals surface area (Å²) in [6, 6.07) is 0. The van der Waals surface area contributed by atoms with Gasteiger partial charge in [0.25, 0.3) is 10.2 Å². The van der Waals surface area contributed by atoms with Crippen molar-refractivity contribution in [2.45, 2.75) is 45.0 Å². The van der Waals surface area contributed by atoms with E-state index in [-0.39, 0.29) is 18.3 Å². The zero-order valence-electron chi connectivity index (χ0n) is 10.9. The van der Waals surface area contributed by atoms with E-state index in [4.69, 9.17) is 4.74 Å². The molecule has 0 aromatic heterocycles. The fourth-order valence-electron chi connectivity index (χ4n) is 2.56. The van der Waals surface area contributed by atoms with Crippen LogP contribution >= 0.6 is 0 Å². The summed E-state index contributed by atoms with van der Waals surface area (Å²) >= 11 is 0. The molecule has 2 rings (SSSR count). The number of hydrogen-bond acceptors (Lipinski definition) is 4. The van der Waals surface area contributed by atoms with Gasteiger partial charge in [0.2, 0.25) is 0 Å². The highest BCUT2D eigenvalue weighted by molar-refractivity contribution is 7.86. The average molecular weight is 278 g/mol. The highest BCUT2D eigenvalue weighted by Gasteiger charge is 2.36. The van der Waals surface area contributed by atoms with Crippen molar-refractivity contribution in [2.24, 2.45) is 0 Å². The van der Waals surface area contributed by atoms with Crippen molar-refractivity contribution in [3.63, 3.8) is 0 Å². The minimum absolute atomic E-state index is 0.0705. The Hall–Kier alpha value is -0.210. The van der Waals surface area contributed by atoms with E-state index in [1.165, 1.54) is 8.61 Å². The Morgan fingerprint density at radius 1 is 1.06 bits per heavy atom. The van der Waals surface area contributed by atoms with Gasteiger partial charge in [-0.05, 0) is 26.7 Å². The van der Waals surface area contributed by atoms with E-state index < -0.39 is 10.2 Å². The summed E-state index contributed by atoms with van der Waals surface area (Å²) in [5.41, 5.74) is 0. The van der Waals surface area contributed by atoms with Gasteiger partial charge in [0.15, 0.2) is 0 Å². The molecule has 0 saturated carbocycles. The third-order valence-corrected chi connectivity index (χ3v) is 5.43. The molecule has 1 N–H and O–H groups in total. The van der Waals surface area contributed by atoms with E-state index >= 15 is 0 Å². The number of piperidine rings is 1. The minimum atomic E-state index is -3.40. The van der Waals surface area contributed by atoms with E-state index in [1.807, 2.05) is 13.8 Å². The molecule has 2 aliphatic rings. The maximum absolute atomic E-state index is 12.5. The lowest BCUT2D eigenvalue weighted by Crippen LogP contribution is -2.54. The summed E-state index contributed by atoms with van der Waals surface area (Å²) in [4.78, 5) is 0. The molecule has 0 aromatic carbocycles. The van der Waals surface area contributed by atoms with Gasteiger partial charge in [-0.25, -0.2) is 0 Å². The van der Waals surface area contributed by atoms with Crippen LogP contribution in [0.1, 0.15) is 26.7 Å². The van der Waals surface area contributed by atoms with Crippen molar-refractivity contribution in [1.29, 1.82) is 0 Å². The summed E-state index contributed by atoms with van der Waals surface area (Å²) in [5.74, 6) is 0. The largest absolute Gasteiger partial charge is 0.393 e. The second-order valence-corrected chi connectivity index (χ2v) is 7.14. The summed E-state index contributed by atoms with van der Waals surface area (Å²) in [6.07, 6.45) is 0.542. The van der Waals surface area contributed by atoms with Gasteiger partial charge in [-0.1, -0.05) is 0 Å². The molecule has 18 heavy (non-hydrogen) atoms. The van der Waals surface area contributed by atoms with Crippen LogP contribution in [0.15, 0.2) is 0 Å². The highest BCUT2D eigenvalue weighted by atomic mass is 32.2. The van der Waals surface area contributed by atoms with Gasteiger partial charge in [0.05, 0.1) is 18.3 Å². The molecule has 2 saturated heterocycles. The molecular weight excluding hydrogens is 256 g/mol. The van der Waals surface area contributed by atoms with Crippen molar-refractivity contribution < 1.29 is 18.3 Å². The minimum Gasteiger partial charge on any atom is -0.393 e. The summed E-state index contributed by atoms with van der Waals surface area (Å²) in [5, 5.41) is 9.43. The van der Waals surface area contributed by atoms with Gasteiger partial charge in [-0.2, -0.15) is 17.0 Å². The molecule has 0 aromatic rings. The summed E-state index contributed by atoms with van der Waals surface area (Å²) in [7, 11) is -3.40. The number of aliphatic hydroxyl groups is 1. The first-order chi connectivity index (χ1) is 8.39. The lowest BCUT2D eigenvalue weighted by Gasteiger charge is -2.38. The van der Waals surface area contributed by atoms with Crippen LogP contribution in [0.2, 0.25) is 0 Å². The average Bonchev–Trinajstić information content (AvgIpc) is 2.28. The maximum atomic E-state index is 12.5. The smallest absolute Gasteiger partial charge is 0.282 e. The van der Waals surface area contributed by atoms with Gasteiger partial charge in [-0.3, -0.25) is 0 Å². The van der Waals surface area contributed by atoms with Gasteiger partial charge >= 0.3 is 0 Å². The van der Waals surface area contributed by atoms with E-state index in [0.717, 1.165) is 0 Å². The number of rotatable bonds is 2. The van der Waals surface area contributed by atoms with Crippen LogP contribution < -0.4 is 0 Å². The molecular formula is C11H22N2O4S. The maximum Gasteiger partial charge on any atom is 0.282 e. The van der Waals surface area contributed by atoms with Crippen molar-refractivity contribution in [2.75, 3.05) is 26.2 Å². The quantitative estimate of drug-likeness (QED) is 0.759. The number of nitrogens with zero attached hydrogens (tertiary/aromatic N) is 2. The number of morpholine rings is 1. The Bertz CT molecular complexity index is 369. The fraction of sp³-hybridized carbons (Fsp3) is 1.00. The molecule has 2 heterocycles. The van der Waals surface area contributed by atoms with Crippen molar-refractivity contribution in [1.82, 2.24) is 8.61 Å². The van der Waals surface area contributed by atoms with Crippen LogP contribution in [-0.2, 0) is 14.9 Å². The first-order valence-corrected chi connectivity index (χ1v) is 7.88. The lowest BCUT2D eigenvalue weighted by atomic mass is 10.1. The monoisotopic (exact) mass is 278 g/mol. The Morgan fingerprint density at radius 3 is 2.06 bits per heavy atom. The Labute approximate surface area is 109 Å². The fourth-order valence-corrected chi connectivity index (χ4v) is 4.35. The zero-order valence-corrected chi connectivity index (χ0v) is 11.8. The predicted octanol–water partition coefficient (Wildman–Crippen LogP) is -0.203. The normalized spacial score (nSPS) is 33.7. The van der Waals surface area contributed by atoms with Gasteiger partial charge in [0.1, 0.15) is 0 Å². The van der Waals surface area contributed by atoms with Gasteiger partial charge in [0, 0.05) is 26.2 Å². The Kier molecular flexibility index (Phi) is 4.28. The third-order valence-electron chi connectivity index (χ3n) is 3.46. The molecule has 2 aliphatic heterocycles. The van der Waals surface area contributed by atoms with Gasteiger partial charge in [-0.15, -0.1) is 0 Å². The first-order valence-electron chi connectivity index (χ1n) is 6.48. The van der Waals surface area contributed by atoms with Crippen LogP contribution in [0.3, 0.4) is 0 Å². The van der Waals surface area contributed by atoms with Crippen LogP contribution in [0.5, 0.6) is 0 Å². The van der Waals surface area contributed by atoms with Crippen molar-refractivity contribution in [3.8, 4) is 0 Å². The number of aliphatic hydroxyl groups excluding tert-OH is 1. The van der Waals surface area contributed by atoms with Crippen LogP contribution in [0, 0.1) is 0 Å². The highest BCUT2D eigenvalue weighted by Crippen LogP contribution is 2.20. The first kappa shape index (κ1) is 14.2. The topological polar surface area (TPSA) is 70.1 Å². The third kappa shape index (κ3) is 3.03. The van der Waals surface area contributed by atoms with Gasteiger partial charge < -0.3 is 9.84 Å². The van der Waals surface area contributed by atoms with E-state index in [1.54, 1.807) is 0 Å². The van der Waals surface area contributed by atoms with Crippen LogP contribution in [-0.4, -0.2) is 66.6 Å². The zero-order chi connectivity index (χ0) is 13.3. The Morgan fingerprint density at radius 2 is 1.56 bits per heavy atom. The predicted molar refractivity (Wildman–Crippen MR) is 67.3 cm³/mol.